The predicted octanol–water partition coefficient (Wildman–Crippen LogP) is 1.23. The molecule has 2 N–H and O–H groups in total. The first-order valence-electron chi connectivity index (χ1n) is 4.17. The van der Waals surface area contributed by atoms with Crippen molar-refractivity contribution in [3.8, 4) is 0 Å². The van der Waals surface area contributed by atoms with Crippen molar-refractivity contribution in [1.29, 1.82) is 0 Å². The Balaban J connectivity index is 3.65. The molecule has 1 atom stereocenters. The van der Waals surface area contributed by atoms with E-state index in [0.717, 1.165) is 12.8 Å². The molecule has 0 saturated heterocycles. The Hall–Kier alpha value is -0.830. The minimum atomic E-state index is -0.665. The number of carbonyl (C=O) groups is 1. The van der Waals surface area contributed by atoms with Crippen LogP contribution in [0.15, 0.2) is 12.2 Å². The summed E-state index contributed by atoms with van der Waals surface area (Å²) < 4.78 is 4.88. The summed E-state index contributed by atoms with van der Waals surface area (Å²) in [7, 11) is 0. The van der Waals surface area contributed by atoms with E-state index in [0.29, 0.717) is 12.2 Å². The first kappa shape index (κ1) is 11.2. The molecule has 0 radical (unpaired) electrons. The van der Waals surface area contributed by atoms with E-state index in [4.69, 9.17) is 10.5 Å². The zero-order chi connectivity index (χ0) is 9.56. The van der Waals surface area contributed by atoms with E-state index in [9.17, 15) is 4.79 Å². The summed E-state index contributed by atoms with van der Waals surface area (Å²) in [6.07, 6.45) is 1.89. The van der Waals surface area contributed by atoms with E-state index in [1.165, 1.54) is 0 Å². The molecule has 70 valence electrons. The zero-order valence-electron chi connectivity index (χ0n) is 7.80. The van der Waals surface area contributed by atoms with Crippen LogP contribution in [0.5, 0.6) is 0 Å². The molecule has 0 aromatic heterocycles. The van der Waals surface area contributed by atoms with E-state index >= 15 is 0 Å². The molecule has 0 saturated carbocycles. The predicted molar refractivity (Wildman–Crippen MR) is 48.7 cm³/mol. The van der Waals surface area contributed by atoms with E-state index in [2.05, 4.69) is 6.58 Å². The second-order valence-corrected chi connectivity index (χ2v) is 2.85. The van der Waals surface area contributed by atoms with Crippen molar-refractivity contribution in [2.45, 2.75) is 32.7 Å². The van der Waals surface area contributed by atoms with Crippen molar-refractivity contribution >= 4 is 5.97 Å². The number of rotatable bonds is 5. The fourth-order valence-electron chi connectivity index (χ4n) is 0.608. The van der Waals surface area contributed by atoms with Gasteiger partial charge in [-0.15, -0.1) is 0 Å². The van der Waals surface area contributed by atoms with Crippen LogP contribution in [0.4, 0.5) is 0 Å². The van der Waals surface area contributed by atoms with Crippen LogP contribution >= 0.6 is 0 Å². The molecular weight excluding hydrogens is 154 g/mol. The number of esters is 1. The summed E-state index contributed by atoms with van der Waals surface area (Å²) in [5, 5.41) is 0. The van der Waals surface area contributed by atoms with E-state index < -0.39 is 6.04 Å². The van der Waals surface area contributed by atoms with Gasteiger partial charge >= 0.3 is 5.97 Å². The third-order valence-electron chi connectivity index (χ3n) is 1.53. The maximum atomic E-state index is 11.1. The highest BCUT2D eigenvalue weighted by Crippen LogP contribution is 1.98. The van der Waals surface area contributed by atoms with Crippen molar-refractivity contribution in [2.24, 2.45) is 5.73 Å². The zero-order valence-corrected chi connectivity index (χ0v) is 7.80. The van der Waals surface area contributed by atoms with Crippen molar-refractivity contribution in [1.82, 2.24) is 0 Å². The quantitative estimate of drug-likeness (QED) is 0.384. The average Bonchev–Trinajstić information content (AvgIpc) is 2.03. The molecule has 3 nitrogen and oxygen atoms in total. The number of unbranched alkanes of at least 4 members (excludes halogenated alkanes) is 1. The Morgan fingerprint density at radius 3 is 2.67 bits per heavy atom. The summed E-state index contributed by atoms with van der Waals surface area (Å²) in [6.45, 7) is 7.78. The van der Waals surface area contributed by atoms with Crippen LogP contribution in [0.1, 0.15) is 26.7 Å². The van der Waals surface area contributed by atoms with Crippen molar-refractivity contribution in [3.05, 3.63) is 12.2 Å². The average molecular weight is 171 g/mol. The first-order chi connectivity index (χ1) is 5.59. The fraction of sp³-hybridized carbons (Fsp3) is 0.667. The third-order valence-corrected chi connectivity index (χ3v) is 1.53. The Morgan fingerprint density at radius 1 is 1.67 bits per heavy atom. The normalized spacial score (nSPS) is 12.2. The highest BCUT2D eigenvalue weighted by molar-refractivity contribution is 5.78. The van der Waals surface area contributed by atoms with Gasteiger partial charge in [-0.05, 0) is 13.3 Å². The molecule has 0 aromatic carbocycles. The van der Waals surface area contributed by atoms with Gasteiger partial charge in [-0.3, -0.25) is 4.79 Å². The summed E-state index contributed by atoms with van der Waals surface area (Å²) in [6, 6.07) is -0.665. The minimum Gasteiger partial charge on any atom is -0.464 e. The number of hydrogen-bond donors (Lipinski definition) is 1. The van der Waals surface area contributed by atoms with Crippen LogP contribution in [0.25, 0.3) is 0 Å². The molecule has 0 spiro atoms. The van der Waals surface area contributed by atoms with Gasteiger partial charge in [0.15, 0.2) is 0 Å². The molecule has 0 amide bonds. The van der Waals surface area contributed by atoms with Crippen molar-refractivity contribution < 1.29 is 9.53 Å². The summed E-state index contributed by atoms with van der Waals surface area (Å²) >= 11 is 0. The van der Waals surface area contributed by atoms with Gasteiger partial charge in [-0.2, -0.15) is 0 Å². The van der Waals surface area contributed by atoms with Gasteiger partial charge in [0.2, 0.25) is 0 Å². The summed E-state index contributed by atoms with van der Waals surface area (Å²) in [5.74, 6) is -0.379. The topological polar surface area (TPSA) is 52.3 Å². The number of ether oxygens (including phenoxy) is 1. The molecule has 0 aliphatic heterocycles. The lowest BCUT2D eigenvalue weighted by atomic mass is 10.2. The van der Waals surface area contributed by atoms with E-state index in [-0.39, 0.29) is 5.97 Å². The van der Waals surface area contributed by atoms with Gasteiger partial charge in [0.05, 0.1) is 6.61 Å². The third kappa shape index (κ3) is 4.13. The van der Waals surface area contributed by atoms with Gasteiger partial charge in [-0.25, -0.2) is 0 Å². The maximum absolute atomic E-state index is 11.1. The van der Waals surface area contributed by atoms with Crippen LogP contribution < -0.4 is 5.73 Å². The van der Waals surface area contributed by atoms with Crippen molar-refractivity contribution in [3.63, 3.8) is 0 Å². The molecule has 0 bridgehead atoms. The summed E-state index contributed by atoms with van der Waals surface area (Å²) in [4.78, 5) is 11.1. The van der Waals surface area contributed by atoms with Gasteiger partial charge in [0.25, 0.3) is 0 Å². The molecule has 12 heavy (non-hydrogen) atoms. The molecule has 0 fully saturated rings. The second-order valence-electron chi connectivity index (χ2n) is 2.85. The lowest BCUT2D eigenvalue weighted by molar-refractivity contribution is -0.144. The lowest BCUT2D eigenvalue weighted by Gasteiger charge is -2.10. The largest absolute Gasteiger partial charge is 0.464 e. The lowest BCUT2D eigenvalue weighted by Crippen LogP contribution is -2.33. The van der Waals surface area contributed by atoms with Gasteiger partial charge in [-0.1, -0.05) is 25.5 Å². The molecule has 3 heteroatoms. The number of nitrogens with two attached hydrogens (primary N) is 1. The fourth-order valence-corrected chi connectivity index (χ4v) is 0.608. The molecule has 0 aliphatic carbocycles. The minimum absolute atomic E-state index is 0.379. The van der Waals surface area contributed by atoms with Crippen LogP contribution in [-0.2, 0) is 9.53 Å². The van der Waals surface area contributed by atoms with Crippen LogP contribution in [-0.4, -0.2) is 18.6 Å². The molecule has 0 heterocycles. The number of carbonyl (C=O) groups excluding carboxylic acids is 1. The van der Waals surface area contributed by atoms with Gasteiger partial charge < -0.3 is 10.5 Å². The second kappa shape index (κ2) is 5.77. The van der Waals surface area contributed by atoms with Crippen LogP contribution in [0, 0.1) is 0 Å². The first-order valence-corrected chi connectivity index (χ1v) is 4.17. The van der Waals surface area contributed by atoms with Crippen LogP contribution in [0.2, 0.25) is 0 Å². The van der Waals surface area contributed by atoms with E-state index in [1.807, 2.05) is 6.92 Å². The Kier molecular flexibility index (Phi) is 5.37. The standard InChI is InChI=1S/C9H17NO2/c1-4-5-6-12-9(11)8(10)7(2)3/h8H,2,4-6,10H2,1,3H3/t8-/m0/s1. The highest BCUT2D eigenvalue weighted by Gasteiger charge is 2.14. The van der Waals surface area contributed by atoms with Gasteiger partial charge in [0, 0.05) is 0 Å². The number of hydrogen-bond acceptors (Lipinski definition) is 3. The Morgan fingerprint density at radius 2 is 2.25 bits per heavy atom. The highest BCUT2D eigenvalue weighted by atomic mass is 16.5. The maximum Gasteiger partial charge on any atom is 0.327 e. The van der Waals surface area contributed by atoms with Crippen LogP contribution in [0.3, 0.4) is 0 Å². The smallest absolute Gasteiger partial charge is 0.327 e. The van der Waals surface area contributed by atoms with Gasteiger partial charge in [0.1, 0.15) is 6.04 Å². The van der Waals surface area contributed by atoms with E-state index in [1.54, 1.807) is 6.92 Å². The monoisotopic (exact) mass is 171 g/mol. The SMILES string of the molecule is C=C(C)[C@H](N)C(=O)OCCCC. The Labute approximate surface area is 73.6 Å². The molecule has 0 aromatic rings. The molecule has 0 rings (SSSR count). The molecular formula is C9H17NO2. The summed E-state index contributed by atoms with van der Waals surface area (Å²) in [5.41, 5.74) is 6.10. The van der Waals surface area contributed by atoms with Crippen molar-refractivity contribution in [2.75, 3.05) is 6.61 Å². The molecule has 0 unspecified atom stereocenters. The Bertz CT molecular complexity index is 166. The molecule has 0 aliphatic rings.